The van der Waals surface area contributed by atoms with Crippen LogP contribution in [0.15, 0.2) is 206 Å². The fourth-order valence-corrected chi connectivity index (χ4v) is 7.43. The molecule has 0 spiro atoms. The second-order valence-corrected chi connectivity index (χ2v) is 13.6. The first-order valence-corrected chi connectivity index (χ1v) is 18.8. The average molecular weight is 685 g/mol. The molecule has 8 rings (SSSR count). The van der Waals surface area contributed by atoms with E-state index in [0.717, 1.165) is 32.4 Å². The summed E-state index contributed by atoms with van der Waals surface area (Å²) in [6, 6.07) is 74.5. The van der Waals surface area contributed by atoms with Crippen molar-refractivity contribution in [1.29, 1.82) is 0 Å². The summed E-state index contributed by atoms with van der Waals surface area (Å²) in [5, 5.41) is 0. The van der Waals surface area contributed by atoms with Gasteiger partial charge in [-0.3, -0.25) is 0 Å². The molecule has 0 fully saturated rings. The molecule has 0 aliphatic carbocycles. The van der Waals surface area contributed by atoms with Gasteiger partial charge in [-0.05, 0) is 77.2 Å². The highest BCUT2D eigenvalue weighted by atomic mass is 15.0. The minimum atomic E-state index is 0.929. The number of rotatable bonds is 12. The van der Waals surface area contributed by atoms with Crippen molar-refractivity contribution in [2.75, 3.05) is 0 Å². The number of benzene rings is 6. The molecule has 0 saturated carbocycles. The fourth-order valence-electron chi connectivity index (χ4n) is 7.43. The van der Waals surface area contributed by atoms with Gasteiger partial charge in [-0.1, -0.05) is 133 Å². The summed E-state index contributed by atoms with van der Waals surface area (Å²) < 4.78 is 5.09. The van der Waals surface area contributed by atoms with Gasteiger partial charge in [-0.15, -0.1) is 0 Å². The molecule has 0 saturated heterocycles. The third-order valence-corrected chi connectivity index (χ3v) is 10.1. The zero-order valence-corrected chi connectivity index (χ0v) is 30.1. The molecule has 0 radical (unpaired) electrons. The van der Waals surface area contributed by atoms with Crippen molar-refractivity contribution in [2.24, 2.45) is 0 Å². The number of aromatic nitrogens is 2. The van der Waals surface area contributed by atoms with E-state index >= 15 is 0 Å². The maximum atomic E-state index is 2.55. The highest BCUT2D eigenvalue weighted by Gasteiger charge is 2.24. The van der Waals surface area contributed by atoms with Gasteiger partial charge in [0.25, 0.3) is 0 Å². The van der Waals surface area contributed by atoms with Gasteiger partial charge in [-0.25, -0.2) is 0 Å². The van der Waals surface area contributed by atoms with Crippen molar-refractivity contribution in [3.8, 4) is 67.3 Å². The first-order chi connectivity index (χ1) is 26.3. The molecule has 2 aromatic heterocycles. The van der Waals surface area contributed by atoms with E-state index in [0.29, 0.717) is 0 Å². The predicted octanol–water partition coefficient (Wildman–Crippen LogP) is 12.1. The van der Waals surface area contributed by atoms with Crippen molar-refractivity contribution in [2.45, 2.75) is 32.4 Å². The number of unbranched alkanes of at least 4 members (excludes halogenated alkanes) is 2. The molecule has 2 heteroatoms. The Morgan fingerprint density at radius 2 is 0.453 bits per heavy atom. The van der Waals surface area contributed by atoms with Crippen LogP contribution >= 0.6 is 0 Å². The molecule has 8 aromatic rings. The second kappa shape index (κ2) is 16.3. The minimum absolute atomic E-state index is 0.929. The van der Waals surface area contributed by atoms with E-state index in [-0.39, 0.29) is 0 Å². The average Bonchev–Trinajstić information content (AvgIpc) is 3.25. The van der Waals surface area contributed by atoms with E-state index in [1.165, 1.54) is 67.3 Å². The Morgan fingerprint density at radius 1 is 0.226 bits per heavy atom. The van der Waals surface area contributed by atoms with Crippen LogP contribution in [0.4, 0.5) is 0 Å². The third kappa shape index (κ3) is 7.78. The summed E-state index contributed by atoms with van der Waals surface area (Å²) in [7, 11) is 0. The number of nitrogens with zero attached hydrogens (tertiary/aromatic N) is 2. The molecule has 256 valence electrons. The van der Waals surface area contributed by atoms with Crippen LogP contribution in [0.2, 0.25) is 0 Å². The van der Waals surface area contributed by atoms with E-state index in [1.807, 2.05) is 0 Å². The highest BCUT2D eigenvalue weighted by molar-refractivity contribution is 5.75. The van der Waals surface area contributed by atoms with Crippen molar-refractivity contribution in [1.82, 2.24) is 0 Å². The zero-order valence-electron chi connectivity index (χ0n) is 30.1. The lowest BCUT2D eigenvalue weighted by Gasteiger charge is -2.14. The lowest BCUT2D eigenvalue weighted by molar-refractivity contribution is -0.679. The number of pyridine rings is 2. The molecule has 0 aliphatic heterocycles. The molecular weight excluding hydrogens is 641 g/mol. The van der Waals surface area contributed by atoms with Gasteiger partial charge in [0, 0.05) is 59.4 Å². The van der Waals surface area contributed by atoms with Gasteiger partial charge >= 0.3 is 0 Å². The summed E-state index contributed by atoms with van der Waals surface area (Å²) in [4.78, 5) is 0. The van der Waals surface area contributed by atoms with Gasteiger partial charge in [-0.2, -0.15) is 9.13 Å². The van der Waals surface area contributed by atoms with Crippen LogP contribution in [-0.4, -0.2) is 0 Å². The van der Waals surface area contributed by atoms with Gasteiger partial charge in [0.2, 0.25) is 22.8 Å². The van der Waals surface area contributed by atoms with E-state index in [1.54, 1.807) is 0 Å². The first kappa shape index (κ1) is 33.7. The largest absolute Gasteiger partial charge is 0.213 e. The summed E-state index contributed by atoms with van der Waals surface area (Å²) in [5.74, 6) is 0. The van der Waals surface area contributed by atoms with Crippen LogP contribution < -0.4 is 9.13 Å². The van der Waals surface area contributed by atoms with Crippen molar-refractivity contribution >= 4 is 0 Å². The SMILES string of the molecule is c1ccc(-c2cc(-c3ccccc3)[n+](CCCCC[n+]3c(-c4ccccc4)cc(-c4ccccc4)cc3-c3ccccc3)c(-c3ccccc3)c2)cc1. The molecule has 2 heterocycles. The van der Waals surface area contributed by atoms with Gasteiger partial charge in [0.05, 0.1) is 0 Å². The molecule has 0 N–H and O–H groups in total. The second-order valence-electron chi connectivity index (χ2n) is 13.6. The smallest absolute Gasteiger partial charge is 0.191 e. The highest BCUT2D eigenvalue weighted by Crippen LogP contribution is 2.31. The molecule has 6 aromatic carbocycles. The number of hydrogen-bond donors (Lipinski definition) is 0. The Balaban J connectivity index is 1.13. The molecule has 0 unspecified atom stereocenters. The predicted molar refractivity (Wildman–Crippen MR) is 220 cm³/mol. The van der Waals surface area contributed by atoms with E-state index in [4.69, 9.17) is 0 Å². The number of hydrogen-bond acceptors (Lipinski definition) is 0. The Kier molecular flexibility index (Phi) is 10.4. The molecule has 0 bridgehead atoms. The maximum absolute atomic E-state index is 2.55. The topological polar surface area (TPSA) is 7.76 Å². The normalized spacial score (nSPS) is 11.0. The summed E-state index contributed by atoms with van der Waals surface area (Å²) in [6.07, 6.45) is 3.24. The minimum Gasteiger partial charge on any atom is -0.191 e. The molecule has 0 aliphatic rings. The van der Waals surface area contributed by atoms with E-state index in [9.17, 15) is 0 Å². The van der Waals surface area contributed by atoms with Gasteiger partial charge in [0.15, 0.2) is 0 Å². The molecular formula is C51H44N2+2. The van der Waals surface area contributed by atoms with Crippen LogP contribution in [0, 0.1) is 0 Å². The van der Waals surface area contributed by atoms with E-state index in [2.05, 4.69) is 215 Å². The summed E-state index contributed by atoms with van der Waals surface area (Å²) in [6.45, 7) is 1.86. The van der Waals surface area contributed by atoms with Crippen LogP contribution in [0.25, 0.3) is 67.3 Å². The lowest BCUT2D eigenvalue weighted by atomic mass is 9.98. The van der Waals surface area contributed by atoms with Gasteiger partial charge in [0.1, 0.15) is 13.1 Å². The van der Waals surface area contributed by atoms with Crippen molar-refractivity contribution < 1.29 is 9.13 Å². The Labute approximate surface area is 314 Å². The third-order valence-electron chi connectivity index (χ3n) is 10.1. The van der Waals surface area contributed by atoms with Crippen LogP contribution in [0.5, 0.6) is 0 Å². The Hall–Kier alpha value is -6.38. The first-order valence-electron chi connectivity index (χ1n) is 18.8. The van der Waals surface area contributed by atoms with Crippen molar-refractivity contribution in [3.05, 3.63) is 206 Å². The lowest BCUT2D eigenvalue weighted by Crippen LogP contribution is -2.40. The summed E-state index contributed by atoms with van der Waals surface area (Å²) in [5.41, 5.74) is 14.8. The van der Waals surface area contributed by atoms with Crippen LogP contribution in [0.1, 0.15) is 19.3 Å². The Morgan fingerprint density at radius 3 is 0.698 bits per heavy atom. The monoisotopic (exact) mass is 684 g/mol. The molecule has 2 nitrogen and oxygen atoms in total. The standard InChI is InChI=1S/C51H44N2/c1-8-22-40(23-9-1)46-36-48(42-26-12-3-13-27-42)52(49(37-46)43-28-14-4-15-29-43)34-20-7-21-35-53-50(44-30-16-5-17-31-44)38-47(41-24-10-2-11-25-41)39-51(53)45-32-18-6-19-33-45/h1-6,8-19,22-33,36-39H,7,20-21,34-35H2/q+2. The molecule has 53 heavy (non-hydrogen) atoms. The molecule has 0 atom stereocenters. The van der Waals surface area contributed by atoms with E-state index < -0.39 is 0 Å². The fraction of sp³-hybridized carbons (Fsp3) is 0.0980. The van der Waals surface area contributed by atoms with Gasteiger partial charge < -0.3 is 0 Å². The van der Waals surface area contributed by atoms with Crippen LogP contribution in [-0.2, 0) is 13.1 Å². The van der Waals surface area contributed by atoms with Crippen LogP contribution in [0.3, 0.4) is 0 Å². The quantitative estimate of drug-likeness (QED) is 0.0894. The summed E-state index contributed by atoms with van der Waals surface area (Å²) >= 11 is 0. The molecule has 0 amide bonds. The maximum Gasteiger partial charge on any atom is 0.213 e. The Bertz CT molecular complexity index is 2080. The zero-order chi connectivity index (χ0) is 35.7. The van der Waals surface area contributed by atoms with Crippen molar-refractivity contribution in [3.63, 3.8) is 0 Å².